The summed E-state index contributed by atoms with van der Waals surface area (Å²) in [4.78, 5) is 18.8. The number of amides is 2. The van der Waals surface area contributed by atoms with Gasteiger partial charge in [-0.2, -0.15) is 26.3 Å². The number of halogens is 6. The number of carbonyl (C=O) groups excluding carboxylic acids is 1. The van der Waals surface area contributed by atoms with Crippen LogP contribution in [0, 0.1) is 22.7 Å². The van der Waals surface area contributed by atoms with Crippen LogP contribution in [0.15, 0.2) is 29.8 Å². The molecule has 3 aliphatic carbocycles. The molecule has 1 aromatic rings. The van der Waals surface area contributed by atoms with Gasteiger partial charge in [0.25, 0.3) is 0 Å². The van der Waals surface area contributed by atoms with Crippen molar-refractivity contribution >= 4 is 11.7 Å². The normalized spacial score (nSPS) is 31.2. The molecule has 3 atom stereocenters. The second kappa shape index (κ2) is 8.36. The molecule has 0 aromatic heterocycles. The zero-order chi connectivity index (χ0) is 27.3. The lowest BCUT2D eigenvalue weighted by molar-refractivity contribution is -0.143. The highest BCUT2D eigenvalue weighted by Gasteiger charge is 2.83. The molecule has 2 saturated heterocycles. The summed E-state index contributed by atoms with van der Waals surface area (Å²) in [5.41, 5.74) is -0.762. The van der Waals surface area contributed by atoms with Crippen LogP contribution in [0.25, 0.3) is 0 Å². The zero-order valence-electron chi connectivity index (χ0n) is 21.4. The highest BCUT2D eigenvalue weighted by atomic mass is 19.4. The van der Waals surface area contributed by atoms with Gasteiger partial charge in [0.2, 0.25) is 0 Å². The third kappa shape index (κ3) is 4.20. The molecule has 1 N–H and O–H groups in total. The van der Waals surface area contributed by atoms with Crippen LogP contribution in [0.2, 0.25) is 0 Å². The number of hydrogen-bond donors (Lipinski definition) is 1. The first-order chi connectivity index (χ1) is 17.7. The molecule has 2 amide bonds. The first-order valence-electron chi connectivity index (χ1n) is 13.2. The topological polar surface area (TPSA) is 38.8 Å². The number of likely N-dealkylation sites (tertiary alicyclic amines) is 1. The Morgan fingerprint density at radius 2 is 1.58 bits per heavy atom. The summed E-state index contributed by atoms with van der Waals surface area (Å²) < 4.78 is 78.6. The summed E-state index contributed by atoms with van der Waals surface area (Å²) in [6.45, 7) is 10.3. The van der Waals surface area contributed by atoms with Crippen LogP contribution in [0.1, 0.15) is 37.8 Å². The minimum Gasteiger partial charge on any atom is -0.321 e. The number of nitrogens with zero attached hydrogens (tertiary/aromatic N) is 3. The molecule has 5 aliphatic rings. The number of hydrogen-bond acceptors (Lipinski definition) is 3. The minimum atomic E-state index is -4.96. The minimum absolute atomic E-state index is 0.0475. The van der Waals surface area contributed by atoms with Crippen molar-refractivity contribution in [2.45, 2.75) is 45.1 Å². The third-order valence-electron chi connectivity index (χ3n) is 9.99. The Labute approximate surface area is 217 Å². The number of rotatable bonds is 4. The van der Waals surface area contributed by atoms with Crippen molar-refractivity contribution in [1.29, 1.82) is 0 Å². The summed E-state index contributed by atoms with van der Waals surface area (Å²) in [6, 6.07) is 0.546. The first-order valence-corrected chi connectivity index (χ1v) is 13.2. The van der Waals surface area contributed by atoms with Crippen LogP contribution in [0.4, 0.5) is 36.8 Å². The molecule has 0 radical (unpaired) electrons. The Kier molecular flexibility index (Phi) is 5.72. The number of allylic oxidation sites excluding steroid dienone is 1. The zero-order valence-corrected chi connectivity index (χ0v) is 21.4. The number of piperazine rings is 1. The summed E-state index contributed by atoms with van der Waals surface area (Å²) in [7, 11) is 0. The number of carbonyl (C=O) groups is 1. The quantitative estimate of drug-likeness (QED) is 0.401. The molecular weight excluding hydrogens is 510 g/mol. The third-order valence-corrected chi connectivity index (χ3v) is 9.99. The van der Waals surface area contributed by atoms with E-state index in [1.165, 1.54) is 17.7 Å². The molecule has 2 aliphatic heterocycles. The van der Waals surface area contributed by atoms with E-state index in [4.69, 9.17) is 0 Å². The molecule has 4 fully saturated rings. The lowest BCUT2D eigenvalue weighted by Gasteiger charge is -2.48. The van der Waals surface area contributed by atoms with Gasteiger partial charge >= 0.3 is 18.4 Å². The van der Waals surface area contributed by atoms with E-state index >= 15 is 0 Å². The van der Waals surface area contributed by atoms with E-state index in [-0.39, 0.29) is 12.1 Å². The predicted molar refractivity (Wildman–Crippen MR) is 129 cm³/mol. The second-order valence-corrected chi connectivity index (χ2v) is 12.2. The van der Waals surface area contributed by atoms with Crippen LogP contribution in [-0.2, 0) is 12.4 Å². The van der Waals surface area contributed by atoms with Crippen LogP contribution in [0.3, 0.4) is 0 Å². The first kappa shape index (κ1) is 26.0. The lowest BCUT2D eigenvalue weighted by Crippen LogP contribution is -2.64. The Morgan fingerprint density at radius 1 is 0.974 bits per heavy atom. The van der Waals surface area contributed by atoms with Gasteiger partial charge in [-0.3, -0.25) is 9.80 Å². The smallest absolute Gasteiger partial charge is 0.321 e. The Balaban J connectivity index is 0.981. The van der Waals surface area contributed by atoms with Gasteiger partial charge in [-0.05, 0) is 53.7 Å². The van der Waals surface area contributed by atoms with E-state index in [9.17, 15) is 31.1 Å². The van der Waals surface area contributed by atoms with E-state index in [1.54, 1.807) is 5.57 Å². The maximum atomic E-state index is 13.1. The average Bonchev–Trinajstić information content (AvgIpc) is 3.65. The lowest BCUT2D eigenvalue weighted by atomic mass is 9.98. The summed E-state index contributed by atoms with van der Waals surface area (Å²) in [5, 5.41) is 2.22. The van der Waals surface area contributed by atoms with Crippen molar-refractivity contribution in [3.63, 3.8) is 0 Å². The van der Waals surface area contributed by atoms with Crippen molar-refractivity contribution in [1.82, 2.24) is 14.7 Å². The van der Waals surface area contributed by atoms with E-state index in [1.807, 2.05) is 0 Å². The van der Waals surface area contributed by atoms with E-state index in [0.29, 0.717) is 36.1 Å². The van der Waals surface area contributed by atoms with E-state index < -0.39 is 35.2 Å². The van der Waals surface area contributed by atoms with Gasteiger partial charge in [0.15, 0.2) is 0 Å². The predicted octanol–water partition coefficient (Wildman–Crippen LogP) is 5.55. The highest BCUT2D eigenvalue weighted by Crippen LogP contribution is 2.88. The molecule has 5 nitrogen and oxygen atoms in total. The van der Waals surface area contributed by atoms with E-state index in [0.717, 1.165) is 44.6 Å². The van der Waals surface area contributed by atoms with Crippen molar-refractivity contribution in [3.05, 3.63) is 41.0 Å². The summed E-state index contributed by atoms with van der Waals surface area (Å²) in [5.74, 6) is 1.62. The van der Waals surface area contributed by atoms with E-state index in [2.05, 4.69) is 35.0 Å². The van der Waals surface area contributed by atoms with Crippen LogP contribution < -0.4 is 5.32 Å². The number of alkyl halides is 6. The number of anilines is 1. The molecule has 1 spiro atoms. The molecule has 2 heterocycles. The Bertz CT molecular complexity index is 1130. The van der Waals surface area contributed by atoms with Gasteiger partial charge in [0.1, 0.15) is 0 Å². The molecule has 0 bridgehead atoms. The van der Waals surface area contributed by atoms with Crippen molar-refractivity contribution in [2.75, 3.05) is 51.1 Å². The summed E-state index contributed by atoms with van der Waals surface area (Å²) >= 11 is 0. The largest absolute Gasteiger partial charge is 0.416 e. The van der Waals surface area contributed by atoms with Crippen molar-refractivity contribution < 1.29 is 31.1 Å². The van der Waals surface area contributed by atoms with Crippen molar-refractivity contribution in [3.8, 4) is 0 Å². The highest BCUT2D eigenvalue weighted by molar-refractivity contribution is 5.90. The fourth-order valence-corrected chi connectivity index (χ4v) is 7.56. The second-order valence-electron chi connectivity index (χ2n) is 12.2. The SMILES string of the molecule is CC1(C)[C@@H]2CC=C(CN3CCN(C4CN(C(=O)Nc5cc(C(F)(F)F)cc(C(F)(F)F)c5)C4)CC3)C3CC321. The fraction of sp³-hybridized carbons (Fsp3) is 0.667. The van der Waals surface area contributed by atoms with Gasteiger partial charge in [-0.1, -0.05) is 25.5 Å². The van der Waals surface area contributed by atoms with Crippen molar-refractivity contribution in [2.24, 2.45) is 22.7 Å². The average molecular weight is 543 g/mol. The molecule has 2 saturated carbocycles. The Morgan fingerprint density at radius 3 is 2.16 bits per heavy atom. The molecule has 2 unspecified atom stereocenters. The van der Waals surface area contributed by atoms with Gasteiger partial charge < -0.3 is 10.2 Å². The number of urea groups is 1. The molecule has 38 heavy (non-hydrogen) atoms. The van der Waals surface area contributed by atoms with Crippen LogP contribution in [0.5, 0.6) is 0 Å². The van der Waals surface area contributed by atoms with Gasteiger partial charge in [0, 0.05) is 57.5 Å². The van der Waals surface area contributed by atoms with Gasteiger partial charge in [0.05, 0.1) is 11.1 Å². The maximum absolute atomic E-state index is 13.1. The number of benzene rings is 1. The molecule has 6 rings (SSSR count). The van der Waals surface area contributed by atoms with Crippen LogP contribution >= 0.6 is 0 Å². The monoisotopic (exact) mass is 542 g/mol. The fourth-order valence-electron chi connectivity index (χ4n) is 7.56. The molecule has 1 aromatic carbocycles. The molecule has 208 valence electrons. The summed E-state index contributed by atoms with van der Waals surface area (Å²) in [6.07, 6.45) is -4.90. The number of nitrogens with one attached hydrogen (secondary N) is 1. The Hall–Kier alpha value is -2.27. The molecular formula is C27H32F6N4O. The van der Waals surface area contributed by atoms with Gasteiger partial charge in [-0.25, -0.2) is 4.79 Å². The van der Waals surface area contributed by atoms with Crippen LogP contribution in [-0.4, -0.2) is 72.6 Å². The standard InChI is InChI=1S/C27H32F6N4O/c1-24(2)22-4-3-16(21-12-25(21,22)24)13-35-5-7-36(8-6-35)20-14-37(15-20)23(38)34-19-10-17(26(28,29)30)9-18(11-19)27(31,32)33/h3,9-11,20-22H,4-8,12-15H2,1-2H3,(H,34,38)/t21?,22-,25?/m0/s1. The molecule has 11 heteroatoms. The maximum Gasteiger partial charge on any atom is 0.416 e. The van der Waals surface area contributed by atoms with Gasteiger partial charge in [-0.15, -0.1) is 0 Å².